The van der Waals surface area contributed by atoms with Crippen LogP contribution in [0.15, 0.2) is 42.5 Å². The van der Waals surface area contributed by atoms with E-state index in [4.69, 9.17) is 4.98 Å². The quantitative estimate of drug-likeness (QED) is 0.303. The highest BCUT2D eigenvalue weighted by molar-refractivity contribution is 5.99. The number of carbonyl (C=O) groups excluding carboxylic acids is 1. The van der Waals surface area contributed by atoms with Gasteiger partial charge in [0.05, 0.1) is 11.2 Å². The average molecular weight is 514 g/mol. The van der Waals surface area contributed by atoms with Crippen LogP contribution in [0.1, 0.15) is 62.1 Å². The highest BCUT2D eigenvalue weighted by Crippen LogP contribution is 2.42. The third-order valence-electron chi connectivity index (χ3n) is 7.52. The lowest BCUT2D eigenvalue weighted by atomic mass is 9.79. The summed E-state index contributed by atoms with van der Waals surface area (Å²) in [5.41, 5.74) is 3.65. The summed E-state index contributed by atoms with van der Waals surface area (Å²) in [7, 11) is 0. The molecular weight excluding hydrogens is 482 g/mol. The van der Waals surface area contributed by atoms with Crippen LogP contribution < -0.4 is 5.32 Å². The largest absolute Gasteiger partial charge is 0.465 e. The lowest BCUT2D eigenvalue weighted by Gasteiger charge is -2.36. The summed E-state index contributed by atoms with van der Waals surface area (Å²) in [6.07, 6.45) is 1.87. The molecule has 38 heavy (non-hydrogen) atoms. The molecule has 10 nitrogen and oxygen atoms in total. The van der Waals surface area contributed by atoms with Gasteiger partial charge in [0, 0.05) is 46.6 Å². The Morgan fingerprint density at radius 1 is 1.03 bits per heavy atom. The van der Waals surface area contributed by atoms with E-state index in [9.17, 15) is 14.7 Å². The Labute approximate surface area is 219 Å². The van der Waals surface area contributed by atoms with Crippen LogP contribution in [0.4, 0.5) is 4.79 Å². The third kappa shape index (κ3) is 4.40. The molecule has 4 aromatic rings. The summed E-state index contributed by atoms with van der Waals surface area (Å²) < 4.78 is 0. The lowest BCUT2D eigenvalue weighted by molar-refractivity contribution is 0.0950. The zero-order valence-corrected chi connectivity index (χ0v) is 21.7. The molecule has 1 aliphatic heterocycles. The molecule has 0 bridgehead atoms. The molecule has 4 N–H and O–H groups in total. The van der Waals surface area contributed by atoms with Gasteiger partial charge in [-0.3, -0.25) is 15.0 Å². The van der Waals surface area contributed by atoms with E-state index in [2.05, 4.69) is 46.5 Å². The van der Waals surface area contributed by atoms with E-state index in [1.807, 2.05) is 42.5 Å². The minimum atomic E-state index is -0.904. The smallest absolute Gasteiger partial charge is 0.407 e. The van der Waals surface area contributed by atoms with Crippen molar-refractivity contribution in [1.29, 1.82) is 0 Å². The number of hydrogen-bond acceptors (Lipinski definition) is 5. The van der Waals surface area contributed by atoms with Crippen molar-refractivity contribution in [3.05, 3.63) is 53.9 Å². The van der Waals surface area contributed by atoms with Crippen molar-refractivity contribution in [3.63, 3.8) is 0 Å². The number of aromatic amines is 2. The van der Waals surface area contributed by atoms with Crippen LogP contribution in [-0.2, 0) is 0 Å². The Bertz CT molecular complexity index is 1530. The van der Waals surface area contributed by atoms with Gasteiger partial charge in [-0.1, -0.05) is 32.9 Å². The molecular formula is C28H31N7O3. The molecule has 2 aliphatic rings. The van der Waals surface area contributed by atoms with Crippen molar-refractivity contribution in [1.82, 2.24) is 35.6 Å². The van der Waals surface area contributed by atoms with Gasteiger partial charge < -0.3 is 15.3 Å². The summed E-state index contributed by atoms with van der Waals surface area (Å²) in [4.78, 5) is 30.8. The monoisotopic (exact) mass is 513 g/mol. The summed E-state index contributed by atoms with van der Waals surface area (Å²) in [6, 6.07) is 13.5. The summed E-state index contributed by atoms with van der Waals surface area (Å²) in [6.45, 7) is 6.65. The molecule has 3 heterocycles. The molecule has 1 saturated heterocycles. The Morgan fingerprint density at radius 3 is 2.58 bits per heavy atom. The van der Waals surface area contributed by atoms with E-state index in [0.717, 1.165) is 40.6 Å². The fourth-order valence-electron chi connectivity index (χ4n) is 5.61. The number of rotatable bonds is 5. The van der Waals surface area contributed by atoms with Gasteiger partial charge in [0.1, 0.15) is 5.82 Å². The number of H-pyrrole nitrogens is 2. The summed E-state index contributed by atoms with van der Waals surface area (Å²) in [5.74, 6) is 1.12. The third-order valence-corrected chi connectivity index (χ3v) is 7.52. The number of nitrogens with one attached hydrogen (secondary N) is 3. The first-order chi connectivity index (χ1) is 18.2. The van der Waals surface area contributed by atoms with Crippen molar-refractivity contribution in [2.24, 2.45) is 5.41 Å². The van der Waals surface area contributed by atoms with Crippen LogP contribution >= 0.6 is 0 Å². The van der Waals surface area contributed by atoms with E-state index in [1.54, 1.807) is 0 Å². The lowest BCUT2D eigenvalue weighted by Crippen LogP contribution is -2.45. The molecule has 2 amide bonds. The molecule has 0 radical (unpaired) electrons. The highest BCUT2D eigenvalue weighted by atomic mass is 16.4. The molecule has 10 heteroatoms. The minimum absolute atomic E-state index is 0.0647. The van der Waals surface area contributed by atoms with Gasteiger partial charge in [-0.2, -0.15) is 10.2 Å². The molecule has 196 valence electrons. The molecule has 1 aliphatic carbocycles. The molecule has 2 aromatic heterocycles. The Balaban J connectivity index is 1.31. The number of hydrogen-bond donors (Lipinski definition) is 4. The zero-order valence-electron chi connectivity index (χ0n) is 21.7. The van der Waals surface area contributed by atoms with Crippen molar-refractivity contribution >= 4 is 22.9 Å². The first kappa shape index (κ1) is 24.1. The van der Waals surface area contributed by atoms with Gasteiger partial charge in [-0.15, -0.1) is 0 Å². The minimum Gasteiger partial charge on any atom is -0.465 e. The number of carbonyl (C=O) groups is 2. The normalized spacial score (nSPS) is 19.7. The number of nitrogens with zero attached hydrogens (tertiary/aromatic N) is 4. The van der Waals surface area contributed by atoms with Crippen LogP contribution in [-0.4, -0.2) is 66.0 Å². The molecule has 0 spiro atoms. The number of aromatic nitrogens is 5. The van der Waals surface area contributed by atoms with Crippen molar-refractivity contribution < 1.29 is 14.7 Å². The van der Waals surface area contributed by atoms with Crippen molar-refractivity contribution in [3.8, 4) is 22.6 Å². The first-order valence-electron chi connectivity index (χ1n) is 13.0. The molecule has 2 atom stereocenters. The van der Waals surface area contributed by atoms with Gasteiger partial charge in [0.25, 0.3) is 5.91 Å². The predicted molar refractivity (Wildman–Crippen MR) is 143 cm³/mol. The van der Waals surface area contributed by atoms with Crippen molar-refractivity contribution in [2.75, 3.05) is 6.54 Å². The molecule has 1 saturated carbocycles. The van der Waals surface area contributed by atoms with Crippen LogP contribution in [0, 0.1) is 5.41 Å². The number of benzene rings is 2. The van der Waals surface area contributed by atoms with Gasteiger partial charge in [0.2, 0.25) is 0 Å². The first-order valence-corrected chi connectivity index (χ1v) is 13.0. The predicted octanol–water partition coefficient (Wildman–Crippen LogP) is 4.79. The Hall–Kier alpha value is -4.21. The van der Waals surface area contributed by atoms with E-state index < -0.39 is 6.09 Å². The van der Waals surface area contributed by atoms with Crippen molar-refractivity contribution in [2.45, 2.75) is 58.0 Å². The maximum absolute atomic E-state index is 12.6. The maximum Gasteiger partial charge on any atom is 0.407 e. The average Bonchev–Trinajstić information content (AvgIpc) is 3.28. The summed E-state index contributed by atoms with van der Waals surface area (Å²) in [5, 5.41) is 28.9. The molecule has 6 rings (SSSR count). The Morgan fingerprint density at radius 2 is 1.84 bits per heavy atom. The van der Waals surface area contributed by atoms with Gasteiger partial charge >= 0.3 is 6.09 Å². The van der Waals surface area contributed by atoms with Gasteiger partial charge in [-0.25, -0.2) is 9.78 Å². The van der Waals surface area contributed by atoms with Crippen LogP contribution in [0.25, 0.3) is 33.5 Å². The van der Waals surface area contributed by atoms with Gasteiger partial charge in [0.15, 0.2) is 5.82 Å². The van der Waals surface area contributed by atoms with Gasteiger partial charge in [-0.05, 0) is 55.0 Å². The van der Waals surface area contributed by atoms with Crippen LogP contribution in [0.3, 0.4) is 0 Å². The SMILES string of the molecule is CC(C)(C)C1C(c2nc(-c3ccc4[nH]nc(-c5cccc(C(=O)NC6CC6)c5)c4c3)n[nH]2)CCN1C(=O)O. The van der Waals surface area contributed by atoms with E-state index >= 15 is 0 Å². The fourth-order valence-corrected chi connectivity index (χ4v) is 5.61. The van der Waals surface area contributed by atoms with E-state index in [0.29, 0.717) is 36.2 Å². The Kier molecular flexibility index (Phi) is 5.70. The topological polar surface area (TPSA) is 140 Å². The maximum atomic E-state index is 12.6. The zero-order chi connectivity index (χ0) is 26.6. The summed E-state index contributed by atoms with van der Waals surface area (Å²) >= 11 is 0. The molecule has 2 fully saturated rings. The molecule has 2 aromatic carbocycles. The van der Waals surface area contributed by atoms with E-state index in [-0.39, 0.29) is 23.3 Å². The number of amides is 2. The van der Waals surface area contributed by atoms with Crippen LogP contribution in [0.2, 0.25) is 0 Å². The molecule has 2 unspecified atom stereocenters. The second-order valence-electron chi connectivity index (χ2n) is 11.4. The second-order valence-corrected chi connectivity index (χ2v) is 11.4. The standard InChI is InChI=1S/C28H31N7O3/c1-28(2,3)23-19(11-12-35(23)27(37)38)25-30-24(33-34-25)16-7-10-21-20(14-16)22(32-31-21)15-5-4-6-17(13-15)26(36)29-18-8-9-18/h4-7,10,13-14,18-19,23H,8-9,11-12H2,1-3H3,(H,29,36)(H,31,32)(H,37,38)(H,30,33,34). The number of fused-ring (bicyclic) bond motifs is 1. The second kappa shape index (κ2) is 8.97. The number of carboxylic acid groups (broad SMARTS) is 1. The number of likely N-dealkylation sites (tertiary alicyclic amines) is 1. The van der Waals surface area contributed by atoms with E-state index in [1.165, 1.54) is 4.90 Å². The fraction of sp³-hybridized carbons (Fsp3) is 0.393. The van der Waals surface area contributed by atoms with Crippen LogP contribution in [0.5, 0.6) is 0 Å². The highest BCUT2D eigenvalue weighted by Gasteiger charge is 2.46.